The predicted octanol–water partition coefficient (Wildman–Crippen LogP) is 1.43. The van der Waals surface area contributed by atoms with E-state index in [9.17, 15) is 13.6 Å². The maximum absolute atomic E-state index is 12.8. The molecule has 0 saturated heterocycles. The van der Waals surface area contributed by atoms with Crippen LogP contribution in [0.1, 0.15) is 23.7 Å². The molecule has 0 aromatic heterocycles. The normalized spacial score (nSPS) is 12.2. The van der Waals surface area contributed by atoms with Crippen molar-refractivity contribution in [2.24, 2.45) is 5.73 Å². The zero-order chi connectivity index (χ0) is 12.1. The molecule has 0 aliphatic heterocycles. The summed E-state index contributed by atoms with van der Waals surface area (Å²) in [6.07, 6.45) is 0.615. The van der Waals surface area contributed by atoms with E-state index in [0.29, 0.717) is 13.0 Å². The minimum atomic E-state index is -0.767. The molecule has 3 N–H and O–H groups in total. The summed E-state index contributed by atoms with van der Waals surface area (Å²) in [7, 11) is 0. The van der Waals surface area contributed by atoms with Gasteiger partial charge in [0.1, 0.15) is 11.6 Å². The second kappa shape index (κ2) is 5.55. The van der Waals surface area contributed by atoms with Gasteiger partial charge in [-0.05, 0) is 32.0 Å². The first-order chi connectivity index (χ1) is 7.52. The highest BCUT2D eigenvalue weighted by molar-refractivity contribution is 5.94. The molecule has 16 heavy (non-hydrogen) atoms. The van der Waals surface area contributed by atoms with E-state index in [1.54, 1.807) is 6.92 Å². The van der Waals surface area contributed by atoms with Crippen molar-refractivity contribution in [3.63, 3.8) is 0 Å². The molecule has 1 amide bonds. The van der Waals surface area contributed by atoms with Crippen LogP contribution in [0.3, 0.4) is 0 Å². The van der Waals surface area contributed by atoms with Crippen molar-refractivity contribution in [2.45, 2.75) is 19.4 Å². The number of nitrogens with one attached hydrogen (secondary N) is 1. The highest BCUT2D eigenvalue weighted by atomic mass is 19.1. The molecule has 1 atom stereocenters. The Bertz CT molecular complexity index is 362. The monoisotopic (exact) mass is 228 g/mol. The summed E-state index contributed by atoms with van der Waals surface area (Å²) in [5.41, 5.74) is 5.29. The van der Waals surface area contributed by atoms with Gasteiger partial charge in [0.15, 0.2) is 0 Å². The van der Waals surface area contributed by atoms with E-state index in [1.165, 1.54) is 0 Å². The van der Waals surface area contributed by atoms with Crippen molar-refractivity contribution in [1.29, 1.82) is 0 Å². The number of halogens is 2. The van der Waals surface area contributed by atoms with Crippen LogP contribution < -0.4 is 11.1 Å². The molecule has 0 spiro atoms. The number of hydrogen-bond acceptors (Lipinski definition) is 2. The van der Waals surface area contributed by atoms with Gasteiger partial charge in [-0.1, -0.05) is 0 Å². The van der Waals surface area contributed by atoms with Crippen LogP contribution in [0.25, 0.3) is 0 Å². The van der Waals surface area contributed by atoms with Crippen LogP contribution in [-0.2, 0) is 0 Å². The summed E-state index contributed by atoms with van der Waals surface area (Å²) in [4.78, 5) is 11.5. The molecule has 0 aliphatic rings. The fourth-order valence-corrected chi connectivity index (χ4v) is 1.31. The van der Waals surface area contributed by atoms with Crippen LogP contribution in [0.5, 0.6) is 0 Å². The third-order valence-corrected chi connectivity index (χ3v) is 2.10. The van der Waals surface area contributed by atoms with Crippen LogP contribution >= 0.6 is 0 Å². The molecule has 0 radical (unpaired) electrons. The Morgan fingerprint density at radius 3 is 2.44 bits per heavy atom. The average molecular weight is 228 g/mol. The van der Waals surface area contributed by atoms with Crippen molar-refractivity contribution >= 4 is 5.91 Å². The summed E-state index contributed by atoms with van der Waals surface area (Å²) in [6, 6.07) is 2.59. The Kier molecular flexibility index (Phi) is 4.37. The molecule has 88 valence electrons. The van der Waals surface area contributed by atoms with Crippen molar-refractivity contribution in [2.75, 3.05) is 6.54 Å². The SMILES string of the molecule is CC(CCN)NC(=O)c1cc(F)cc(F)c1. The zero-order valence-corrected chi connectivity index (χ0v) is 8.97. The first-order valence-corrected chi connectivity index (χ1v) is 5.00. The van der Waals surface area contributed by atoms with Crippen molar-refractivity contribution in [3.05, 3.63) is 35.4 Å². The summed E-state index contributed by atoms with van der Waals surface area (Å²) >= 11 is 0. The van der Waals surface area contributed by atoms with Gasteiger partial charge in [0, 0.05) is 17.7 Å². The smallest absolute Gasteiger partial charge is 0.251 e. The van der Waals surface area contributed by atoms with Crippen LogP contribution in [-0.4, -0.2) is 18.5 Å². The minimum Gasteiger partial charge on any atom is -0.350 e. The molecule has 1 aromatic rings. The molecular formula is C11H14F2N2O. The van der Waals surface area contributed by atoms with Crippen LogP contribution in [0.15, 0.2) is 18.2 Å². The van der Waals surface area contributed by atoms with Crippen molar-refractivity contribution in [1.82, 2.24) is 5.32 Å². The molecule has 0 heterocycles. The molecule has 0 fully saturated rings. The average Bonchev–Trinajstić information content (AvgIpc) is 2.16. The molecule has 1 unspecified atom stereocenters. The molecule has 5 heteroatoms. The Morgan fingerprint density at radius 1 is 1.38 bits per heavy atom. The minimum absolute atomic E-state index is 0.0265. The predicted molar refractivity (Wildman–Crippen MR) is 57.0 cm³/mol. The highest BCUT2D eigenvalue weighted by Gasteiger charge is 2.11. The highest BCUT2D eigenvalue weighted by Crippen LogP contribution is 2.08. The van der Waals surface area contributed by atoms with E-state index in [4.69, 9.17) is 5.73 Å². The molecule has 0 bridgehead atoms. The van der Waals surface area contributed by atoms with E-state index >= 15 is 0 Å². The topological polar surface area (TPSA) is 55.1 Å². The third-order valence-electron chi connectivity index (χ3n) is 2.10. The van der Waals surface area contributed by atoms with Gasteiger partial charge in [-0.2, -0.15) is 0 Å². The lowest BCUT2D eigenvalue weighted by Crippen LogP contribution is -2.34. The number of nitrogens with two attached hydrogens (primary N) is 1. The number of carbonyl (C=O) groups is 1. The Hall–Kier alpha value is -1.49. The number of benzene rings is 1. The second-order valence-corrected chi connectivity index (χ2v) is 3.61. The first kappa shape index (κ1) is 12.6. The molecule has 1 rings (SSSR count). The van der Waals surface area contributed by atoms with E-state index in [1.807, 2.05) is 0 Å². The van der Waals surface area contributed by atoms with Gasteiger partial charge >= 0.3 is 0 Å². The summed E-state index contributed by atoms with van der Waals surface area (Å²) in [6.45, 7) is 2.22. The molecule has 0 saturated carbocycles. The van der Waals surface area contributed by atoms with E-state index in [-0.39, 0.29) is 11.6 Å². The van der Waals surface area contributed by atoms with E-state index < -0.39 is 17.5 Å². The Balaban J connectivity index is 2.72. The lowest BCUT2D eigenvalue weighted by atomic mass is 10.1. The number of hydrogen-bond donors (Lipinski definition) is 2. The number of carbonyl (C=O) groups excluding carboxylic acids is 1. The first-order valence-electron chi connectivity index (χ1n) is 5.00. The fraction of sp³-hybridized carbons (Fsp3) is 0.364. The Morgan fingerprint density at radius 2 is 1.94 bits per heavy atom. The van der Waals surface area contributed by atoms with Gasteiger partial charge in [0.2, 0.25) is 0 Å². The van der Waals surface area contributed by atoms with Crippen molar-refractivity contribution in [3.8, 4) is 0 Å². The third kappa shape index (κ3) is 3.58. The van der Waals surface area contributed by atoms with Gasteiger partial charge in [-0.15, -0.1) is 0 Å². The van der Waals surface area contributed by atoms with E-state index in [0.717, 1.165) is 18.2 Å². The van der Waals surface area contributed by atoms with Gasteiger partial charge in [-0.3, -0.25) is 4.79 Å². The fourth-order valence-electron chi connectivity index (χ4n) is 1.31. The summed E-state index contributed by atoms with van der Waals surface area (Å²) < 4.78 is 25.7. The lowest BCUT2D eigenvalue weighted by Gasteiger charge is -2.12. The second-order valence-electron chi connectivity index (χ2n) is 3.61. The maximum Gasteiger partial charge on any atom is 0.251 e. The van der Waals surface area contributed by atoms with Crippen LogP contribution in [0, 0.1) is 11.6 Å². The quantitative estimate of drug-likeness (QED) is 0.819. The van der Waals surface area contributed by atoms with Gasteiger partial charge < -0.3 is 11.1 Å². The van der Waals surface area contributed by atoms with E-state index in [2.05, 4.69) is 5.32 Å². The van der Waals surface area contributed by atoms with Crippen LogP contribution in [0.4, 0.5) is 8.78 Å². The lowest BCUT2D eigenvalue weighted by molar-refractivity contribution is 0.0938. The van der Waals surface area contributed by atoms with Crippen LogP contribution in [0.2, 0.25) is 0 Å². The molecular weight excluding hydrogens is 214 g/mol. The molecule has 0 aliphatic carbocycles. The standard InChI is InChI=1S/C11H14F2N2O/c1-7(2-3-14)15-11(16)8-4-9(12)6-10(13)5-8/h4-7H,2-3,14H2,1H3,(H,15,16). The zero-order valence-electron chi connectivity index (χ0n) is 8.97. The molecule has 1 aromatic carbocycles. The van der Waals surface area contributed by atoms with Gasteiger partial charge in [0.25, 0.3) is 5.91 Å². The van der Waals surface area contributed by atoms with Crippen molar-refractivity contribution < 1.29 is 13.6 Å². The molecule has 3 nitrogen and oxygen atoms in total. The largest absolute Gasteiger partial charge is 0.350 e. The Labute approximate surface area is 92.6 Å². The summed E-state index contributed by atoms with van der Waals surface area (Å²) in [5, 5.41) is 2.60. The van der Waals surface area contributed by atoms with Gasteiger partial charge in [-0.25, -0.2) is 8.78 Å². The maximum atomic E-state index is 12.8. The summed E-state index contributed by atoms with van der Waals surface area (Å²) in [5.74, 6) is -2.03. The van der Waals surface area contributed by atoms with Gasteiger partial charge in [0.05, 0.1) is 0 Å². The number of rotatable bonds is 4. The number of amides is 1.